The van der Waals surface area contributed by atoms with Crippen LogP contribution in [0, 0.1) is 0 Å². The summed E-state index contributed by atoms with van der Waals surface area (Å²) in [5.74, 6) is -0.295. The van der Waals surface area contributed by atoms with Gasteiger partial charge in [0.2, 0.25) is 5.91 Å². The number of rotatable bonds is 5. The van der Waals surface area contributed by atoms with Gasteiger partial charge in [-0.3, -0.25) is 14.6 Å². The van der Waals surface area contributed by atoms with E-state index >= 15 is 0 Å². The summed E-state index contributed by atoms with van der Waals surface area (Å²) in [4.78, 5) is 15.3. The minimum absolute atomic E-state index is 0.0771. The van der Waals surface area contributed by atoms with Gasteiger partial charge in [0.05, 0.1) is 18.0 Å². The first kappa shape index (κ1) is 19.7. The van der Waals surface area contributed by atoms with E-state index in [1.807, 2.05) is 0 Å². The molecule has 0 unspecified atom stereocenters. The zero-order valence-electron chi connectivity index (χ0n) is 13.7. The van der Waals surface area contributed by atoms with Gasteiger partial charge in [-0.25, -0.2) is 8.42 Å². The van der Waals surface area contributed by atoms with Gasteiger partial charge in [-0.05, 0) is 24.3 Å². The van der Waals surface area contributed by atoms with Gasteiger partial charge < -0.3 is 5.32 Å². The van der Waals surface area contributed by atoms with Gasteiger partial charge in [0, 0.05) is 38.1 Å². The van der Waals surface area contributed by atoms with Crippen LogP contribution in [0.2, 0.25) is 0 Å². The maximum absolute atomic E-state index is 12.3. The molecule has 1 aliphatic heterocycles. The molecule has 0 bridgehead atoms. The van der Waals surface area contributed by atoms with Crippen molar-refractivity contribution in [2.45, 2.75) is 11.1 Å². The molecule has 1 fully saturated rings. The Bertz CT molecular complexity index is 697. The standard InChI is InChI=1S/C15H20F3N3O3S/c1-25(23,24)13-4-2-12(3-5-13)19-14(22)10-20-6-8-21(9-7-20)11-15(16,17)18/h2-5H,6-11H2,1H3,(H,19,22). The van der Waals surface area contributed by atoms with E-state index in [2.05, 4.69) is 5.32 Å². The second kappa shape index (κ2) is 7.71. The van der Waals surface area contributed by atoms with Crippen molar-refractivity contribution < 1.29 is 26.4 Å². The summed E-state index contributed by atoms with van der Waals surface area (Å²) >= 11 is 0. The van der Waals surface area contributed by atoms with Crippen molar-refractivity contribution in [2.24, 2.45) is 0 Å². The van der Waals surface area contributed by atoms with Gasteiger partial charge in [-0.1, -0.05) is 0 Å². The molecule has 1 amide bonds. The Kier molecular flexibility index (Phi) is 6.07. The van der Waals surface area contributed by atoms with Gasteiger partial charge in [-0.15, -0.1) is 0 Å². The minimum Gasteiger partial charge on any atom is -0.325 e. The van der Waals surface area contributed by atoms with Crippen molar-refractivity contribution >= 4 is 21.4 Å². The molecule has 1 saturated heterocycles. The fourth-order valence-corrected chi connectivity index (χ4v) is 3.18. The lowest BCUT2D eigenvalue weighted by Gasteiger charge is -2.34. The highest BCUT2D eigenvalue weighted by molar-refractivity contribution is 7.90. The van der Waals surface area contributed by atoms with Crippen LogP contribution < -0.4 is 5.32 Å². The lowest BCUT2D eigenvalue weighted by atomic mass is 10.3. The summed E-state index contributed by atoms with van der Waals surface area (Å²) < 4.78 is 59.8. The first-order chi connectivity index (χ1) is 11.5. The number of carbonyl (C=O) groups excluding carboxylic acids is 1. The number of hydrogen-bond donors (Lipinski definition) is 1. The fraction of sp³-hybridized carbons (Fsp3) is 0.533. The molecule has 0 aliphatic carbocycles. The van der Waals surface area contributed by atoms with Crippen LogP contribution in [-0.4, -0.2) is 75.8 Å². The minimum atomic E-state index is -4.21. The molecule has 0 radical (unpaired) electrons. The number of amides is 1. The number of hydrogen-bond acceptors (Lipinski definition) is 5. The number of anilines is 1. The second-order valence-electron chi connectivity index (χ2n) is 6.01. The van der Waals surface area contributed by atoms with Crippen molar-refractivity contribution in [1.82, 2.24) is 9.80 Å². The number of sulfone groups is 1. The zero-order valence-corrected chi connectivity index (χ0v) is 14.5. The summed E-state index contributed by atoms with van der Waals surface area (Å²) in [6.07, 6.45) is -3.11. The monoisotopic (exact) mass is 379 g/mol. The lowest BCUT2D eigenvalue weighted by Crippen LogP contribution is -2.50. The molecule has 0 aromatic heterocycles. The van der Waals surface area contributed by atoms with Gasteiger partial charge in [-0.2, -0.15) is 13.2 Å². The summed E-state index contributed by atoms with van der Waals surface area (Å²) in [5, 5.41) is 2.65. The zero-order chi connectivity index (χ0) is 18.7. The molecule has 25 heavy (non-hydrogen) atoms. The number of carbonyl (C=O) groups is 1. The predicted molar refractivity (Wildman–Crippen MR) is 87.1 cm³/mol. The molecule has 1 N–H and O–H groups in total. The number of halogens is 3. The Balaban J connectivity index is 1.80. The van der Waals surface area contributed by atoms with Crippen LogP contribution >= 0.6 is 0 Å². The Hall–Kier alpha value is -1.65. The summed E-state index contributed by atoms with van der Waals surface area (Å²) in [6, 6.07) is 5.80. The molecule has 0 spiro atoms. The van der Waals surface area contributed by atoms with Crippen LogP contribution in [-0.2, 0) is 14.6 Å². The molecule has 140 valence electrons. The number of nitrogens with one attached hydrogen (secondary N) is 1. The van der Waals surface area contributed by atoms with E-state index in [1.54, 1.807) is 4.90 Å². The highest BCUT2D eigenvalue weighted by Gasteiger charge is 2.32. The summed E-state index contributed by atoms with van der Waals surface area (Å²) in [7, 11) is -3.29. The number of nitrogens with zero attached hydrogens (tertiary/aromatic N) is 2. The highest BCUT2D eigenvalue weighted by atomic mass is 32.2. The van der Waals surface area contributed by atoms with Crippen LogP contribution in [0.25, 0.3) is 0 Å². The Morgan fingerprint density at radius 1 is 1.08 bits per heavy atom. The quantitative estimate of drug-likeness (QED) is 0.833. The molecular weight excluding hydrogens is 359 g/mol. The Morgan fingerprint density at radius 2 is 1.60 bits per heavy atom. The normalized spacial score (nSPS) is 17.4. The van der Waals surface area contributed by atoms with E-state index in [9.17, 15) is 26.4 Å². The van der Waals surface area contributed by atoms with Gasteiger partial charge in [0.25, 0.3) is 0 Å². The molecule has 1 aromatic rings. The average Bonchev–Trinajstić information content (AvgIpc) is 2.47. The van der Waals surface area contributed by atoms with Crippen LogP contribution in [0.4, 0.5) is 18.9 Å². The molecule has 0 saturated carbocycles. The van der Waals surface area contributed by atoms with E-state index in [-0.39, 0.29) is 30.4 Å². The molecule has 0 atom stereocenters. The molecule has 1 aromatic carbocycles. The lowest BCUT2D eigenvalue weighted by molar-refractivity contribution is -0.149. The maximum Gasteiger partial charge on any atom is 0.401 e. The van der Waals surface area contributed by atoms with E-state index in [0.717, 1.165) is 6.26 Å². The molecule has 1 aliphatic rings. The van der Waals surface area contributed by atoms with Crippen LogP contribution in [0.3, 0.4) is 0 Å². The fourth-order valence-electron chi connectivity index (χ4n) is 2.55. The van der Waals surface area contributed by atoms with E-state index < -0.39 is 22.6 Å². The third kappa shape index (κ3) is 6.63. The molecule has 6 nitrogen and oxygen atoms in total. The van der Waals surface area contributed by atoms with Crippen molar-refractivity contribution in [3.05, 3.63) is 24.3 Å². The molecule has 1 heterocycles. The van der Waals surface area contributed by atoms with Gasteiger partial charge in [0.15, 0.2) is 9.84 Å². The van der Waals surface area contributed by atoms with Crippen molar-refractivity contribution in [3.8, 4) is 0 Å². The average molecular weight is 379 g/mol. The smallest absolute Gasteiger partial charge is 0.325 e. The number of benzene rings is 1. The van der Waals surface area contributed by atoms with Gasteiger partial charge in [0.1, 0.15) is 0 Å². The largest absolute Gasteiger partial charge is 0.401 e. The predicted octanol–water partition coefficient (Wildman–Crippen LogP) is 1.21. The highest BCUT2D eigenvalue weighted by Crippen LogP contribution is 2.17. The van der Waals surface area contributed by atoms with Crippen molar-refractivity contribution in [2.75, 3.05) is 50.8 Å². The molecular formula is C15H20F3N3O3S. The van der Waals surface area contributed by atoms with E-state index in [0.29, 0.717) is 18.8 Å². The van der Waals surface area contributed by atoms with E-state index in [4.69, 9.17) is 0 Å². The Morgan fingerprint density at radius 3 is 2.08 bits per heavy atom. The molecule has 2 rings (SSSR count). The third-order valence-corrected chi connectivity index (χ3v) is 4.93. The second-order valence-corrected chi connectivity index (χ2v) is 8.03. The van der Waals surface area contributed by atoms with Gasteiger partial charge >= 0.3 is 6.18 Å². The first-order valence-electron chi connectivity index (χ1n) is 7.64. The topological polar surface area (TPSA) is 69.7 Å². The van der Waals surface area contributed by atoms with Crippen molar-refractivity contribution in [1.29, 1.82) is 0 Å². The van der Waals surface area contributed by atoms with Crippen LogP contribution in [0.15, 0.2) is 29.2 Å². The van der Waals surface area contributed by atoms with Crippen LogP contribution in [0.1, 0.15) is 0 Å². The maximum atomic E-state index is 12.3. The SMILES string of the molecule is CS(=O)(=O)c1ccc(NC(=O)CN2CCN(CC(F)(F)F)CC2)cc1. The Labute approximate surface area is 144 Å². The number of alkyl halides is 3. The van der Waals surface area contributed by atoms with Crippen molar-refractivity contribution in [3.63, 3.8) is 0 Å². The van der Waals surface area contributed by atoms with E-state index in [1.165, 1.54) is 29.2 Å². The van der Waals surface area contributed by atoms with Crippen LogP contribution in [0.5, 0.6) is 0 Å². The number of piperazine rings is 1. The molecule has 10 heteroatoms. The third-order valence-electron chi connectivity index (χ3n) is 3.80. The summed E-state index contributed by atoms with van der Waals surface area (Å²) in [6.45, 7) is 0.437. The first-order valence-corrected chi connectivity index (χ1v) is 9.53. The summed E-state index contributed by atoms with van der Waals surface area (Å²) in [5.41, 5.74) is 0.466.